The van der Waals surface area contributed by atoms with E-state index in [4.69, 9.17) is 0 Å². The Balaban J connectivity index is 2.77. The van der Waals surface area contributed by atoms with Crippen LogP contribution in [-0.2, 0) is 0 Å². The molecular formula is C11H11NS. The van der Waals surface area contributed by atoms with Crippen molar-refractivity contribution >= 4 is 18.7 Å². The van der Waals surface area contributed by atoms with Crippen molar-refractivity contribution in [2.24, 2.45) is 4.99 Å². The first kappa shape index (κ1) is 8.57. The normalized spacial score (nSPS) is 25.4. The summed E-state index contributed by atoms with van der Waals surface area (Å²) < 4.78 is -0.198. The summed E-state index contributed by atoms with van der Waals surface area (Å²) in [7, 11) is 0. The summed E-state index contributed by atoms with van der Waals surface area (Å²) >= 11 is 4.51. The van der Waals surface area contributed by atoms with Crippen molar-refractivity contribution in [3.05, 3.63) is 47.1 Å². The second-order valence-corrected chi connectivity index (χ2v) is 4.34. The Morgan fingerprint density at radius 2 is 2.08 bits per heavy atom. The minimum atomic E-state index is -0.198. The van der Waals surface area contributed by atoms with Crippen molar-refractivity contribution in [2.75, 3.05) is 0 Å². The lowest BCUT2D eigenvalue weighted by molar-refractivity contribution is 1.07. The quantitative estimate of drug-likeness (QED) is 0.591. The fourth-order valence-corrected chi connectivity index (χ4v) is 1.56. The Hall–Kier alpha value is -1.02. The predicted molar refractivity (Wildman–Crippen MR) is 58.2 cm³/mol. The number of rotatable bonds is 0. The lowest BCUT2D eigenvalue weighted by atomic mass is 10.1. The van der Waals surface area contributed by atoms with Gasteiger partial charge in [0, 0.05) is 10.9 Å². The minimum Gasteiger partial charge on any atom is -0.257 e. The van der Waals surface area contributed by atoms with Gasteiger partial charge in [0.1, 0.15) is 0 Å². The van der Waals surface area contributed by atoms with Crippen molar-refractivity contribution in [3.63, 3.8) is 0 Å². The van der Waals surface area contributed by atoms with E-state index in [0.29, 0.717) is 0 Å². The van der Waals surface area contributed by atoms with Crippen LogP contribution in [0.3, 0.4) is 0 Å². The van der Waals surface area contributed by atoms with Crippen LogP contribution in [0.5, 0.6) is 0 Å². The number of hydrogen-bond acceptors (Lipinski definition) is 2. The average Bonchev–Trinajstić information content (AvgIpc) is 2.21. The van der Waals surface area contributed by atoms with Gasteiger partial charge in [0.2, 0.25) is 0 Å². The monoisotopic (exact) mass is 189 g/mol. The Bertz CT molecular complexity index is 457. The van der Waals surface area contributed by atoms with E-state index in [2.05, 4.69) is 29.8 Å². The SMILES string of the molecule is CC1(S)C=CN=c2ccccc2=C1. The standard InChI is InChI=1S/C11H11NS/c1-11(13)6-7-12-10-5-3-2-4-9(10)8-11/h2-8,13H,1H3. The van der Waals surface area contributed by atoms with Crippen molar-refractivity contribution in [1.82, 2.24) is 0 Å². The maximum Gasteiger partial charge on any atom is 0.0699 e. The average molecular weight is 189 g/mol. The molecule has 1 unspecified atom stereocenters. The van der Waals surface area contributed by atoms with Crippen LogP contribution in [0.15, 0.2) is 41.5 Å². The first-order valence-electron chi connectivity index (χ1n) is 4.23. The fourth-order valence-electron chi connectivity index (χ4n) is 1.36. The highest BCUT2D eigenvalue weighted by molar-refractivity contribution is 7.82. The maximum atomic E-state index is 4.51. The number of benzene rings is 1. The van der Waals surface area contributed by atoms with E-state index in [1.165, 1.54) is 0 Å². The van der Waals surface area contributed by atoms with E-state index in [1.807, 2.05) is 37.4 Å². The molecule has 2 rings (SSSR count). The zero-order chi connectivity index (χ0) is 9.31. The van der Waals surface area contributed by atoms with E-state index in [0.717, 1.165) is 10.6 Å². The van der Waals surface area contributed by atoms with Gasteiger partial charge in [-0.2, -0.15) is 12.6 Å². The molecule has 1 aromatic carbocycles. The van der Waals surface area contributed by atoms with Crippen LogP contribution in [0.25, 0.3) is 6.08 Å². The highest BCUT2D eigenvalue weighted by atomic mass is 32.1. The zero-order valence-corrected chi connectivity index (χ0v) is 8.33. The molecule has 0 spiro atoms. The van der Waals surface area contributed by atoms with Gasteiger partial charge in [-0.15, -0.1) is 0 Å². The second kappa shape index (κ2) is 3.04. The first-order valence-corrected chi connectivity index (χ1v) is 4.68. The summed E-state index contributed by atoms with van der Waals surface area (Å²) in [5, 5.41) is 2.15. The molecule has 1 aromatic rings. The lowest BCUT2D eigenvalue weighted by Gasteiger charge is -2.10. The molecule has 0 aromatic heterocycles. The third-order valence-electron chi connectivity index (χ3n) is 2.01. The van der Waals surface area contributed by atoms with Crippen LogP contribution >= 0.6 is 12.6 Å². The fraction of sp³-hybridized carbons (Fsp3) is 0.182. The number of hydrogen-bond donors (Lipinski definition) is 1. The summed E-state index contributed by atoms with van der Waals surface area (Å²) in [6.07, 6.45) is 5.91. The van der Waals surface area contributed by atoms with Crippen LogP contribution in [0.2, 0.25) is 0 Å². The largest absolute Gasteiger partial charge is 0.257 e. The molecule has 0 radical (unpaired) electrons. The van der Waals surface area contributed by atoms with Crippen molar-refractivity contribution in [3.8, 4) is 0 Å². The lowest BCUT2D eigenvalue weighted by Crippen LogP contribution is -2.26. The van der Waals surface area contributed by atoms with Crippen LogP contribution in [0, 0.1) is 0 Å². The predicted octanol–water partition coefficient (Wildman–Crippen LogP) is 1.30. The van der Waals surface area contributed by atoms with Gasteiger partial charge >= 0.3 is 0 Å². The molecule has 1 heterocycles. The molecule has 0 saturated carbocycles. The van der Waals surface area contributed by atoms with E-state index >= 15 is 0 Å². The molecule has 0 fully saturated rings. The molecule has 0 amide bonds. The van der Waals surface area contributed by atoms with Crippen molar-refractivity contribution in [2.45, 2.75) is 11.7 Å². The smallest absolute Gasteiger partial charge is 0.0699 e. The molecule has 1 aliphatic heterocycles. The van der Waals surface area contributed by atoms with Gasteiger partial charge in [0.05, 0.1) is 5.36 Å². The van der Waals surface area contributed by atoms with Gasteiger partial charge in [0.25, 0.3) is 0 Å². The molecule has 1 atom stereocenters. The van der Waals surface area contributed by atoms with E-state index in [1.54, 1.807) is 0 Å². The topological polar surface area (TPSA) is 12.4 Å². The number of fused-ring (bicyclic) bond motifs is 1. The van der Waals surface area contributed by atoms with E-state index in [-0.39, 0.29) is 4.75 Å². The van der Waals surface area contributed by atoms with Gasteiger partial charge in [0.15, 0.2) is 0 Å². The van der Waals surface area contributed by atoms with Gasteiger partial charge in [-0.05, 0) is 24.3 Å². The van der Waals surface area contributed by atoms with Crippen LogP contribution < -0.4 is 10.6 Å². The minimum absolute atomic E-state index is 0.198. The maximum absolute atomic E-state index is 4.51. The Morgan fingerprint density at radius 1 is 1.31 bits per heavy atom. The zero-order valence-electron chi connectivity index (χ0n) is 7.44. The summed E-state index contributed by atoms with van der Waals surface area (Å²) in [5.41, 5.74) is 0. The summed E-state index contributed by atoms with van der Waals surface area (Å²) in [6, 6.07) is 8.07. The molecule has 2 heteroatoms. The van der Waals surface area contributed by atoms with Crippen LogP contribution in [0.4, 0.5) is 0 Å². The van der Waals surface area contributed by atoms with Gasteiger partial charge in [-0.3, -0.25) is 4.99 Å². The van der Waals surface area contributed by atoms with Crippen LogP contribution in [0.1, 0.15) is 6.92 Å². The highest BCUT2D eigenvalue weighted by Gasteiger charge is 2.11. The van der Waals surface area contributed by atoms with Crippen molar-refractivity contribution in [1.29, 1.82) is 0 Å². The molecular weight excluding hydrogens is 178 g/mol. The Kier molecular flexibility index (Phi) is 2.00. The van der Waals surface area contributed by atoms with Crippen LogP contribution in [-0.4, -0.2) is 4.75 Å². The van der Waals surface area contributed by atoms with Gasteiger partial charge < -0.3 is 0 Å². The van der Waals surface area contributed by atoms with Gasteiger partial charge in [-0.1, -0.05) is 24.3 Å². The molecule has 1 aliphatic rings. The molecule has 66 valence electrons. The van der Waals surface area contributed by atoms with E-state index < -0.39 is 0 Å². The Morgan fingerprint density at radius 3 is 2.92 bits per heavy atom. The molecule has 1 nitrogen and oxygen atoms in total. The molecule has 13 heavy (non-hydrogen) atoms. The second-order valence-electron chi connectivity index (χ2n) is 3.37. The molecule has 0 N–H and O–H groups in total. The summed E-state index contributed by atoms with van der Waals surface area (Å²) in [4.78, 5) is 4.32. The molecule has 0 saturated heterocycles. The Labute approximate surface area is 82.9 Å². The van der Waals surface area contributed by atoms with Gasteiger partial charge in [-0.25, -0.2) is 0 Å². The number of thiol groups is 1. The van der Waals surface area contributed by atoms with Crippen molar-refractivity contribution < 1.29 is 0 Å². The third kappa shape index (κ3) is 1.83. The summed E-state index contributed by atoms with van der Waals surface area (Å²) in [6.45, 7) is 2.05. The molecule has 0 bridgehead atoms. The third-order valence-corrected chi connectivity index (χ3v) is 2.29. The number of nitrogens with zero attached hydrogens (tertiary/aromatic N) is 1. The summed E-state index contributed by atoms with van der Waals surface area (Å²) in [5.74, 6) is 0. The van der Waals surface area contributed by atoms with E-state index in [9.17, 15) is 0 Å². The first-order chi connectivity index (χ1) is 6.17. The molecule has 0 aliphatic carbocycles. The highest BCUT2D eigenvalue weighted by Crippen LogP contribution is 2.17. The number of para-hydroxylation sites is 1.